The number of hydrogen-bond donors (Lipinski definition) is 0. The smallest absolute Gasteiger partial charge is 0.159 e. The fourth-order valence-electron chi connectivity index (χ4n) is 6.49. The van der Waals surface area contributed by atoms with Crippen LogP contribution in [0.25, 0.3) is 0 Å². The van der Waals surface area contributed by atoms with Gasteiger partial charge in [-0.15, -0.1) is 0 Å². The first-order valence-corrected chi connectivity index (χ1v) is 11.1. The van der Waals surface area contributed by atoms with E-state index in [0.717, 1.165) is 41.6 Å². The second-order valence-electron chi connectivity index (χ2n) is 9.47. The second-order valence-corrected chi connectivity index (χ2v) is 9.47. The Bertz CT molecular complexity index is 602. The van der Waals surface area contributed by atoms with Gasteiger partial charge < -0.3 is 0 Å². The Morgan fingerprint density at radius 2 is 1.35 bits per heavy atom. The third kappa shape index (κ3) is 3.85. The lowest BCUT2D eigenvalue weighted by molar-refractivity contribution is 0.0716. The molecular formula is C24H34F2. The fraction of sp³-hybridized carbons (Fsp3) is 0.750. The molecule has 0 nitrogen and oxygen atoms in total. The van der Waals surface area contributed by atoms with E-state index in [0.29, 0.717) is 5.92 Å². The van der Waals surface area contributed by atoms with Gasteiger partial charge in [0.1, 0.15) is 0 Å². The molecule has 0 radical (unpaired) electrons. The monoisotopic (exact) mass is 360 g/mol. The molecule has 0 spiro atoms. The van der Waals surface area contributed by atoms with Crippen LogP contribution in [0.15, 0.2) is 18.2 Å². The summed E-state index contributed by atoms with van der Waals surface area (Å²) >= 11 is 0. The molecule has 0 bridgehead atoms. The van der Waals surface area contributed by atoms with Crippen LogP contribution in [0.4, 0.5) is 8.78 Å². The van der Waals surface area contributed by atoms with Gasteiger partial charge in [0, 0.05) is 0 Å². The van der Waals surface area contributed by atoms with Crippen LogP contribution < -0.4 is 0 Å². The van der Waals surface area contributed by atoms with Crippen molar-refractivity contribution in [1.82, 2.24) is 0 Å². The molecule has 26 heavy (non-hydrogen) atoms. The van der Waals surface area contributed by atoms with Gasteiger partial charge in [-0.25, -0.2) is 8.78 Å². The van der Waals surface area contributed by atoms with Crippen molar-refractivity contribution in [1.29, 1.82) is 0 Å². The zero-order valence-corrected chi connectivity index (χ0v) is 16.2. The van der Waals surface area contributed by atoms with Crippen molar-refractivity contribution in [3.63, 3.8) is 0 Å². The zero-order chi connectivity index (χ0) is 18.1. The minimum atomic E-state index is -0.722. The Labute approximate surface area is 157 Å². The molecule has 0 aromatic heterocycles. The van der Waals surface area contributed by atoms with Crippen molar-refractivity contribution in [2.24, 2.45) is 29.6 Å². The molecule has 3 aliphatic carbocycles. The van der Waals surface area contributed by atoms with Crippen LogP contribution >= 0.6 is 0 Å². The highest BCUT2D eigenvalue weighted by Gasteiger charge is 2.39. The second kappa shape index (κ2) is 7.98. The van der Waals surface area contributed by atoms with Gasteiger partial charge in [-0.2, -0.15) is 0 Å². The lowest BCUT2D eigenvalue weighted by Crippen LogP contribution is -2.34. The van der Waals surface area contributed by atoms with E-state index in [1.807, 2.05) is 0 Å². The Morgan fingerprint density at radius 3 is 2.04 bits per heavy atom. The molecule has 0 amide bonds. The molecule has 1 aromatic carbocycles. The van der Waals surface area contributed by atoms with Crippen molar-refractivity contribution in [3.8, 4) is 0 Å². The zero-order valence-electron chi connectivity index (χ0n) is 16.2. The van der Waals surface area contributed by atoms with Crippen LogP contribution in [0.1, 0.15) is 89.0 Å². The van der Waals surface area contributed by atoms with Crippen LogP contribution in [0.2, 0.25) is 0 Å². The molecule has 144 valence electrons. The molecule has 0 heterocycles. The third-order valence-electron chi connectivity index (χ3n) is 8.20. The van der Waals surface area contributed by atoms with Crippen LogP contribution in [0.5, 0.6) is 0 Å². The predicted octanol–water partition coefficient (Wildman–Crippen LogP) is 7.48. The summed E-state index contributed by atoms with van der Waals surface area (Å²) in [5, 5.41) is 0. The van der Waals surface area contributed by atoms with E-state index < -0.39 is 11.6 Å². The molecular weight excluding hydrogens is 326 g/mol. The highest BCUT2D eigenvalue weighted by molar-refractivity contribution is 5.22. The number of halogens is 2. The largest absolute Gasteiger partial charge is 0.204 e. The molecule has 0 aliphatic heterocycles. The number of hydrogen-bond acceptors (Lipinski definition) is 0. The Hall–Kier alpha value is -0.920. The molecule has 0 saturated heterocycles. The van der Waals surface area contributed by atoms with Gasteiger partial charge in [0.2, 0.25) is 0 Å². The maximum absolute atomic E-state index is 13.6. The molecule has 3 fully saturated rings. The molecule has 1 aromatic rings. The minimum absolute atomic E-state index is 0.433. The van der Waals surface area contributed by atoms with Crippen molar-refractivity contribution in [2.75, 3.05) is 0 Å². The standard InChI is InChI=1S/C24H34F2/c1-2-16-3-5-17(6-4-16)18-7-8-20-14-21(10-9-19(20)13-18)22-11-12-23(25)24(26)15-22/h11-12,15-21H,2-10,13-14H2,1H3. The highest BCUT2D eigenvalue weighted by atomic mass is 19.2. The van der Waals surface area contributed by atoms with Gasteiger partial charge in [-0.1, -0.05) is 32.3 Å². The van der Waals surface area contributed by atoms with Gasteiger partial charge >= 0.3 is 0 Å². The number of rotatable bonds is 3. The average Bonchev–Trinajstić information content (AvgIpc) is 2.69. The lowest BCUT2D eigenvalue weighted by Gasteiger charge is -2.45. The molecule has 4 rings (SSSR count). The summed E-state index contributed by atoms with van der Waals surface area (Å²) in [4.78, 5) is 0. The van der Waals surface area contributed by atoms with E-state index in [9.17, 15) is 8.78 Å². The van der Waals surface area contributed by atoms with Gasteiger partial charge in [-0.05, 0) is 105 Å². The first kappa shape index (κ1) is 18.4. The summed E-state index contributed by atoms with van der Waals surface area (Å²) in [5.74, 6) is 3.68. The summed E-state index contributed by atoms with van der Waals surface area (Å²) in [6, 6.07) is 4.56. The van der Waals surface area contributed by atoms with Crippen LogP contribution in [-0.2, 0) is 0 Å². The lowest BCUT2D eigenvalue weighted by atomic mass is 9.60. The summed E-state index contributed by atoms with van der Waals surface area (Å²) < 4.78 is 26.8. The maximum Gasteiger partial charge on any atom is 0.159 e. The first-order chi connectivity index (χ1) is 12.6. The molecule has 4 unspecified atom stereocenters. The van der Waals surface area contributed by atoms with E-state index in [2.05, 4.69) is 6.92 Å². The van der Waals surface area contributed by atoms with E-state index in [4.69, 9.17) is 0 Å². The summed E-state index contributed by atoms with van der Waals surface area (Å²) in [7, 11) is 0. The Kier molecular flexibility index (Phi) is 5.66. The highest BCUT2D eigenvalue weighted by Crippen LogP contribution is 2.51. The average molecular weight is 361 g/mol. The fourth-order valence-corrected chi connectivity index (χ4v) is 6.49. The third-order valence-corrected chi connectivity index (χ3v) is 8.20. The van der Waals surface area contributed by atoms with Crippen molar-refractivity contribution >= 4 is 0 Å². The summed E-state index contributed by atoms with van der Waals surface area (Å²) in [6.45, 7) is 2.35. The van der Waals surface area contributed by atoms with E-state index >= 15 is 0 Å². The molecule has 4 atom stereocenters. The predicted molar refractivity (Wildman–Crippen MR) is 103 cm³/mol. The van der Waals surface area contributed by atoms with Gasteiger partial charge in [0.05, 0.1) is 0 Å². The van der Waals surface area contributed by atoms with Crippen molar-refractivity contribution in [2.45, 2.75) is 83.5 Å². The molecule has 0 N–H and O–H groups in total. The van der Waals surface area contributed by atoms with Crippen LogP contribution in [-0.4, -0.2) is 0 Å². The summed E-state index contributed by atoms with van der Waals surface area (Å²) in [5.41, 5.74) is 1.02. The topological polar surface area (TPSA) is 0 Å². The first-order valence-electron chi connectivity index (χ1n) is 11.1. The summed E-state index contributed by atoms with van der Waals surface area (Å²) in [6.07, 6.45) is 15.1. The van der Waals surface area contributed by atoms with Crippen LogP contribution in [0, 0.1) is 41.2 Å². The Balaban J connectivity index is 1.33. The maximum atomic E-state index is 13.6. The molecule has 2 heteroatoms. The minimum Gasteiger partial charge on any atom is -0.204 e. The Morgan fingerprint density at radius 1 is 0.731 bits per heavy atom. The van der Waals surface area contributed by atoms with Crippen molar-refractivity contribution < 1.29 is 8.78 Å². The van der Waals surface area contributed by atoms with Crippen LogP contribution in [0.3, 0.4) is 0 Å². The van der Waals surface area contributed by atoms with E-state index in [-0.39, 0.29) is 0 Å². The molecule has 3 aliphatic rings. The van der Waals surface area contributed by atoms with E-state index in [1.165, 1.54) is 76.3 Å². The van der Waals surface area contributed by atoms with E-state index in [1.54, 1.807) is 6.07 Å². The number of fused-ring (bicyclic) bond motifs is 1. The van der Waals surface area contributed by atoms with Gasteiger partial charge in [-0.3, -0.25) is 0 Å². The van der Waals surface area contributed by atoms with Crippen molar-refractivity contribution in [3.05, 3.63) is 35.4 Å². The molecule has 3 saturated carbocycles. The van der Waals surface area contributed by atoms with Gasteiger partial charge in [0.15, 0.2) is 11.6 Å². The van der Waals surface area contributed by atoms with Gasteiger partial charge in [0.25, 0.3) is 0 Å². The number of benzene rings is 1. The normalized spacial score (nSPS) is 38.0. The SMILES string of the molecule is CCC1CCC(C2CCC3CC(c4ccc(F)c(F)c4)CCC3C2)CC1. The quantitative estimate of drug-likeness (QED) is 0.524.